The zero-order valence-corrected chi connectivity index (χ0v) is 12.0. The lowest BCUT2D eigenvalue weighted by Crippen LogP contribution is -2.00. The molecule has 0 radical (unpaired) electrons. The summed E-state index contributed by atoms with van der Waals surface area (Å²) in [5.41, 5.74) is 4.06. The fraction of sp³-hybridized carbons (Fsp3) is 0.158. The maximum absolute atomic E-state index is 10.5. The average Bonchev–Trinajstić information content (AvgIpc) is 3.04. The molecule has 0 fully saturated rings. The Bertz CT molecular complexity index is 696. The van der Waals surface area contributed by atoms with Gasteiger partial charge in [0.25, 0.3) is 0 Å². The largest absolute Gasteiger partial charge is 0.469 e. The van der Waals surface area contributed by atoms with Crippen LogP contribution in [0.15, 0.2) is 71.3 Å². The number of rotatable bonds is 4. The minimum absolute atomic E-state index is 0.636. The Balaban J connectivity index is 1.87. The number of hydrogen-bond donors (Lipinski definition) is 1. The van der Waals surface area contributed by atoms with Gasteiger partial charge in [-0.3, -0.25) is 0 Å². The summed E-state index contributed by atoms with van der Waals surface area (Å²) in [5, 5.41) is 10.5. The molecule has 0 saturated carbocycles. The first-order valence-corrected chi connectivity index (χ1v) is 7.19. The van der Waals surface area contributed by atoms with E-state index in [9.17, 15) is 5.11 Å². The number of hydrogen-bond acceptors (Lipinski definition) is 2. The highest BCUT2D eigenvalue weighted by Gasteiger charge is 2.16. The van der Waals surface area contributed by atoms with Crippen molar-refractivity contribution in [2.45, 2.75) is 19.4 Å². The van der Waals surface area contributed by atoms with Gasteiger partial charge in [0.05, 0.1) is 6.26 Å². The summed E-state index contributed by atoms with van der Waals surface area (Å²) in [4.78, 5) is 0. The molecule has 1 atom stereocenters. The molecule has 1 heterocycles. The molecule has 3 aromatic rings. The first kappa shape index (κ1) is 13.7. The van der Waals surface area contributed by atoms with Gasteiger partial charge in [0.1, 0.15) is 11.9 Å². The molecule has 1 N–H and O–H groups in total. The van der Waals surface area contributed by atoms with E-state index in [2.05, 4.69) is 12.1 Å². The molecule has 0 aliphatic heterocycles. The second-order valence-electron chi connectivity index (χ2n) is 5.04. The second kappa shape index (κ2) is 5.98. The Morgan fingerprint density at radius 1 is 0.905 bits per heavy atom. The van der Waals surface area contributed by atoms with Gasteiger partial charge in [-0.15, -0.1) is 0 Å². The van der Waals surface area contributed by atoms with Crippen LogP contribution in [0.5, 0.6) is 0 Å². The molecule has 2 aromatic carbocycles. The van der Waals surface area contributed by atoms with E-state index >= 15 is 0 Å². The van der Waals surface area contributed by atoms with Crippen LogP contribution in [0.3, 0.4) is 0 Å². The van der Waals surface area contributed by atoms with Crippen LogP contribution in [0.1, 0.15) is 29.9 Å². The van der Waals surface area contributed by atoms with Gasteiger partial charge in [0.15, 0.2) is 0 Å². The minimum Gasteiger partial charge on any atom is -0.469 e. The highest BCUT2D eigenvalue weighted by molar-refractivity contribution is 5.63. The molecule has 0 saturated heterocycles. The van der Waals surface area contributed by atoms with Crippen molar-refractivity contribution in [1.29, 1.82) is 0 Å². The molecule has 2 nitrogen and oxygen atoms in total. The van der Waals surface area contributed by atoms with Gasteiger partial charge < -0.3 is 9.52 Å². The lowest BCUT2D eigenvalue weighted by Gasteiger charge is -2.12. The molecule has 3 rings (SSSR count). The van der Waals surface area contributed by atoms with Crippen molar-refractivity contribution in [1.82, 2.24) is 0 Å². The first-order valence-electron chi connectivity index (χ1n) is 7.19. The van der Waals surface area contributed by atoms with Crippen LogP contribution < -0.4 is 0 Å². The Hall–Kier alpha value is -2.32. The molecule has 2 heteroatoms. The SMILES string of the molecule is CCc1occc1C(O)c1ccc(-c2ccccc2)cc1. The second-order valence-corrected chi connectivity index (χ2v) is 5.04. The lowest BCUT2D eigenvalue weighted by atomic mass is 9.98. The maximum Gasteiger partial charge on any atom is 0.109 e. The van der Waals surface area contributed by atoms with Crippen LogP contribution in [0.2, 0.25) is 0 Å². The normalized spacial score (nSPS) is 12.3. The first-order chi connectivity index (χ1) is 10.3. The summed E-state index contributed by atoms with van der Waals surface area (Å²) in [5.74, 6) is 0.842. The summed E-state index contributed by atoms with van der Waals surface area (Å²) >= 11 is 0. The number of aliphatic hydroxyl groups excluding tert-OH is 1. The van der Waals surface area contributed by atoms with E-state index in [1.807, 2.05) is 55.5 Å². The molecule has 0 bridgehead atoms. The van der Waals surface area contributed by atoms with Gasteiger partial charge >= 0.3 is 0 Å². The molecule has 106 valence electrons. The van der Waals surface area contributed by atoms with E-state index in [0.717, 1.165) is 28.9 Å². The van der Waals surface area contributed by atoms with Crippen LogP contribution in [0.4, 0.5) is 0 Å². The number of furan rings is 1. The lowest BCUT2D eigenvalue weighted by molar-refractivity contribution is 0.217. The van der Waals surface area contributed by atoms with Gasteiger partial charge in [-0.05, 0) is 22.8 Å². The van der Waals surface area contributed by atoms with E-state index < -0.39 is 6.10 Å². The van der Waals surface area contributed by atoms with Crippen molar-refractivity contribution >= 4 is 0 Å². The molecule has 1 aromatic heterocycles. The van der Waals surface area contributed by atoms with Crippen LogP contribution >= 0.6 is 0 Å². The molecular weight excluding hydrogens is 260 g/mol. The highest BCUT2D eigenvalue weighted by atomic mass is 16.3. The number of aryl methyl sites for hydroxylation is 1. The van der Waals surface area contributed by atoms with Gasteiger partial charge in [0.2, 0.25) is 0 Å². The van der Waals surface area contributed by atoms with Crippen LogP contribution in [-0.4, -0.2) is 5.11 Å². The van der Waals surface area contributed by atoms with Crippen molar-refractivity contribution in [3.8, 4) is 11.1 Å². The standard InChI is InChI=1S/C19H18O2/c1-2-18-17(12-13-21-18)19(20)16-10-8-15(9-11-16)14-6-4-3-5-7-14/h3-13,19-20H,2H2,1H3. The maximum atomic E-state index is 10.5. The average molecular weight is 278 g/mol. The monoisotopic (exact) mass is 278 g/mol. The van der Waals surface area contributed by atoms with Crippen LogP contribution in [-0.2, 0) is 6.42 Å². The smallest absolute Gasteiger partial charge is 0.109 e. The van der Waals surface area contributed by atoms with Crippen molar-refractivity contribution in [2.24, 2.45) is 0 Å². The Kier molecular flexibility index (Phi) is 3.89. The van der Waals surface area contributed by atoms with E-state index in [0.29, 0.717) is 0 Å². The minimum atomic E-state index is -0.636. The van der Waals surface area contributed by atoms with Gasteiger partial charge in [0, 0.05) is 12.0 Å². The van der Waals surface area contributed by atoms with Crippen molar-refractivity contribution in [3.63, 3.8) is 0 Å². The Labute approximate surface area is 124 Å². The zero-order chi connectivity index (χ0) is 14.7. The summed E-state index contributed by atoms with van der Waals surface area (Å²) in [7, 11) is 0. The highest BCUT2D eigenvalue weighted by Crippen LogP contribution is 2.28. The molecule has 1 unspecified atom stereocenters. The van der Waals surface area contributed by atoms with E-state index in [-0.39, 0.29) is 0 Å². The summed E-state index contributed by atoms with van der Waals surface area (Å²) in [6.45, 7) is 2.02. The number of aliphatic hydroxyl groups is 1. The van der Waals surface area contributed by atoms with Gasteiger partial charge in [-0.1, -0.05) is 61.5 Å². The Morgan fingerprint density at radius 2 is 1.57 bits per heavy atom. The summed E-state index contributed by atoms with van der Waals surface area (Å²) in [6.07, 6.45) is 1.78. The summed E-state index contributed by atoms with van der Waals surface area (Å²) in [6, 6.07) is 20.1. The third-order valence-electron chi connectivity index (χ3n) is 3.73. The van der Waals surface area contributed by atoms with Crippen molar-refractivity contribution in [2.75, 3.05) is 0 Å². The molecular formula is C19H18O2. The summed E-state index contributed by atoms with van der Waals surface area (Å²) < 4.78 is 5.39. The Morgan fingerprint density at radius 3 is 2.24 bits per heavy atom. The van der Waals surface area contributed by atoms with Gasteiger partial charge in [-0.25, -0.2) is 0 Å². The molecule has 0 amide bonds. The fourth-order valence-corrected chi connectivity index (χ4v) is 2.55. The van der Waals surface area contributed by atoms with E-state index in [4.69, 9.17) is 4.42 Å². The third-order valence-corrected chi connectivity index (χ3v) is 3.73. The van der Waals surface area contributed by atoms with Crippen molar-refractivity contribution < 1.29 is 9.52 Å². The van der Waals surface area contributed by atoms with E-state index in [1.165, 1.54) is 5.56 Å². The zero-order valence-electron chi connectivity index (χ0n) is 12.0. The van der Waals surface area contributed by atoms with Crippen LogP contribution in [0.25, 0.3) is 11.1 Å². The topological polar surface area (TPSA) is 33.4 Å². The molecule has 0 aliphatic rings. The quantitative estimate of drug-likeness (QED) is 0.757. The van der Waals surface area contributed by atoms with Crippen LogP contribution in [0, 0.1) is 0 Å². The number of benzene rings is 2. The molecule has 21 heavy (non-hydrogen) atoms. The van der Waals surface area contributed by atoms with Crippen molar-refractivity contribution in [3.05, 3.63) is 83.8 Å². The molecule has 0 spiro atoms. The third kappa shape index (κ3) is 2.76. The van der Waals surface area contributed by atoms with Gasteiger partial charge in [-0.2, -0.15) is 0 Å². The molecule has 0 aliphatic carbocycles. The predicted molar refractivity (Wildman–Crippen MR) is 84.0 cm³/mol. The van der Waals surface area contributed by atoms with E-state index in [1.54, 1.807) is 6.26 Å². The predicted octanol–water partition coefficient (Wildman–Crippen LogP) is 4.59. The fourth-order valence-electron chi connectivity index (χ4n) is 2.55.